The van der Waals surface area contributed by atoms with Crippen LogP contribution < -0.4 is 10.6 Å². The fraction of sp³-hybridized carbons (Fsp3) is 0.385. The van der Waals surface area contributed by atoms with Gasteiger partial charge in [-0.1, -0.05) is 0 Å². The largest absolute Gasteiger partial charge is 0.478 e. The van der Waals surface area contributed by atoms with Crippen molar-refractivity contribution in [3.63, 3.8) is 0 Å². The van der Waals surface area contributed by atoms with E-state index in [0.29, 0.717) is 16.8 Å². The van der Waals surface area contributed by atoms with E-state index in [9.17, 15) is 9.59 Å². The predicted molar refractivity (Wildman–Crippen MR) is 79.2 cm³/mol. The highest BCUT2D eigenvalue weighted by Crippen LogP contribution is 2.23. The van der Waals surface area contributed by atoms with Gasteiger partial charge in [-0.15, -0.1) is 0 Å². The predicted octanol–water partition coefficient (Wildman–Crippen LogP) is 2.69. The molecule has 0 spiro atoms. The Morgan fingerprint density at radius 2 is 2.05 bits per heavy atom. The van der Waals surface area contributed by atoms with E-state index in [1.54, 1.807) is 7.11 Å². The van der Waals surface area contributed by atoms with E-state index in [-0.39, 0.29) is 5.56 Å². The molecule has 1 aromatic rings. The number of methoxy groups -OCH3 is 1. The molecule has 0 aliphatic carbocycles. The van der Waals surface area contributed by atoms with Gasteiger partial charge in [-0.2, -0.15) is 0 Å². The Bertz CT molecular complexity index is 517. The van der Waals surface area contributed by atoms with Gasteiger partial charge in [-0.3, -0.25) is 0 Å². The third kappa shape index (κ3) is 4.82. The van der Waals surface area contributed by atoms with Crippen molar-refractivity contribution in [2.45, 2.75) is 19.4 Å². The Morgan fingerprint density at radius 3 is 2.55 bits per heavy atom. The number of carboxylic acid groups (broad SMARTS) is 1. The first-order chi connectivity index (χ1) is 9.25. The molecule has 2 amide bonds. The lowest BCUT2D eigenvalue weighted by atomic mass is 10.1. The number of urea groups is 1. The van der Waals surface area contributed by atoms with E-state index in [2.05, 4.69) is 26.6 Å². The maximum atomic E-state index is 11.9. The van der Waals surface area contributed by atoms with Gasteiger partial charge in [0.25, 0.3) is 0 Å². The van der Waals surface area contributed by atoms with Crippen LogP contribution in [0.15, 0.2) is 22.7 Å². The smallest absolute Gasteiger partial charge is 0.335 e. The second-order valence-corrected chi connectivity index (χ2v) is 5.75. The third-order valence-corrected chi connectivity index (χ3v) is 3.08. The van der Waals surface area contributed by atoms with Crippen molar-refractivity contribution in [1.29, 1.82) is 0 Å². The van der Waals surface area contributed by atoms with Gasteiger partial charge < -0.3 is 20.5 Å². The molecular weight excluding hydrogens is 328 g/mol. The first-order valence-corrected chi connectivity index (χ1v) is 6.65. The van der Waals surface area contributed by atoms with Gasteiger partial charge in [-0.05, 0) is 48.0 Å². The summed E-state index contributed by atoms with van der Waals surface area (Å²) in [5.41, 5.74) is 0.120. The average Bonchev–Trinajstić information content (AvgIpc) is 2.30. The van der Waals surface area contributed by atoms with Gasteiger partial charge in [-0.25, -0.2) is 9.59 Å². The Kier molecular flexibility index (Phi) is 5.52. The van der Waals surface area contributed by atoms with E-state index < -0.39 is 17.5 Å². The van der Waals surface area contributed by atoms with Crippen LogP contribution in [-0.2, 0) is 4.74 Å². The van der Waals surface area contributed by atoms with Gasteiger partial charge >= 0.3 is 12.0 Å². The molecule has 7 heteroatoms. The van der Waals surface area contributed by atoms with Crippen LogP contribution in [0.1, 0.15) is 24.2 Å². The number of rotatable bonds is 5. The van der Waals surface area contributed by atoms with Crippen LogP contribution in [0.3, 0.4) is 0 Å². The van der Waals surface area contributed by atoms with E-state index in [1.165, 1.54) is 18.2 Å². The molecule has 0 unspecified atom stereocenters. The molecule has 110 valence electrons. The summed E-state index contributed by atoms with van der Waals surface area (Å²) in [4.78, 5) is 22.7. The SMILES string of the molecule is COCC(C)(C)NC(=O)Nc1ccc(C(=O)O)cc1Br. The number of hydrogen-bond acceptors (Lipinski definition) is 3. The van der Waals surface area contributed by atoms with Crippen LogP contribution in [0, 0.1) is 0 Å². The van der Waals surface area contributed by atoms with E-state index in [4.69, 9.17) is 9.84 Å². The number of amides is 2. The minimum atomic E-state index is -1.03. The zero-order chi connectivity index (χ0) is 15.3. The summed E-state index contributed by atoms with van der Waals surface area (Å²) in [6, 6.07) is 3.98. The number of halogens is 1. The zero-order valence-corrected chi connectivity index (χ0v) is 13.1. The minimum Gasteiger partial charge on any atom is -0.478 e. The van der Waals surface area contributed by atoms with Crippen molar-refractivity contribution in [3.05, 3.63) is 28.2 Å². The fourth-order valence-electron chi connectivity index (χ4n) is 1.61. The number of ether oxygens (including phenoxy) is 1. The van der Waals surface area contributed by atoms with E-state index >= 15 is 0 Å². The van der Waals surface area contributed by atoms with Crippen molar-refractivity contribution >= 4 is 33.6 Å². The van der Waals surface area contributed by atoms with Crippen LogP contribution in [0.4, 0.5) is 10.5 Å². The monoisotopic (exact) mass is 344 g/mol. The Morgan fingerprint density at radius 1 is 1.40 bits per heavy atom. The molecule has 20 heavy (non-hydrogen) atoms. The third-order valence-electron chi connectivity index (χ3n) is 2.42. The number of aromatic carboxylic acids is 1. The molecule has 0 saturated carbocycles. The number of nitrogens with one attached hydrogen (secondary N) is 2. The van der Waals surface area contributed by atoms with Crippen molar-refractivity contribution in [3.8, 4) is 0 Å². The molecule has 0 aliphatic rings. The van der Waals surface area contributed by atoms with Crippen molar-refractivity contribution in [2.75, 3.05) is 19.0 Å². The van der Waals surface area contributed by atoms with Crippen molar-refractivity contribution < 1.29 is 19.4 Å². The van der Waals surface area contributed by atoms with Crippen LogP contribution in [0.5, 0.6) is 0 Å². The Balaban J connectivity index is 2.74. The number of carbonyl (C=O) groups is 2. The van der Waals surface area contributed by atoms with Crippen molar-refractivity contribution in [2.24, 2.45) is 0 Å². The number of benzene rings is 1. The van der Waals surface area contributed by atoms with Gasteiger partial charge in [0.2, 0.25) is 0 Å². The number of carbonyl (C=O) groups excluding carboxylic acids is 1. The highest BCUT2D eigenvalue weighted by molar-refractivity contribution is 9.10. The van der Waals surface area contributed by atoms with E-state index in [0.717, 1.165) is 0 Å². The topological polar surface area (TPSA) is 87.7 Å². The summed E-state index contributed by atoms with van der Waals surface area (Å²) < 4.78 is 5.50. The molecule has 0 saturated heterocycles. The molecule has 0 bridgehead atoms. The quantitative estimate of drug-likeness (QED) is 0.766. The van der Waals surface area contributed by atoms with Crippen molar-refractivity contribution in [1.82, 2.24) is 5.32 Å². The highest BCUT2D eigenvalue weighted by Gasteiger charge is 2.20. The molecule has 3 N–H and O–H groups in total. The normalized spacial score (nSPS) is 11.0. The summed E-state index contributed by atoms with van der Waals surface area (Å²) >= 11 is 3.22. The lowest BCUT2D eigenvalue weighted by molar-refractivity contribution is 0.0697. The molecule has 1 rings (SSSR count). The maximum Gasteiger partial charge on any atom is 0.335 e. The fourth-order valence-corrected chi connectivity index (χ4v) is 2.09. The van der Waals surface area contributed by atoms with Gasteiger partial charge in [0.1, 0.15) is 0 Å². The summed E-state index contributed by atoms with van der Waals surface area (Å²) in [5, 5.41) is 14.3. The Hall–Kier alpha value is -1.60. The van der Waals surface area contributed by atoms with Crippen LogP contribution in [0.2, 0.25) is 0 Å². The molecular formula is C13H17BrN2O4. The molecule has 0 heterocycles. The van der Waals surface area contributed by atoms with Gasteiger partial charge in [0.15, 0.2) is 0 Å². The van der Waals surface area contributed by atoms with Crippen LogP contribution in [-0.4, -0.2) is 36.4 Å². The maximum absolute atomic E-state index is 11.9. The molecule has 6 nitrogen and oxygen atoms in total. The molecule has 0 aliphatic heterocycles. The van der Waals surface area contributed by atoms with Crippen LogP contribution in [0.25, 0.3) is 0 Å². The molecule has 0 radical (unpaired) electrons. The minimum absolute atomic E-state index is 0.141. The number of carboxylic acids is 1. The number of anilines is 1. The zero-order valence-electron chi connectivity index (χ0n) is 11.5. The second kappa shape index (κ2) is 6.71. The van der Waals surface area contributed by atoms with Gasteiger partial charge in [0, 0.05) is 11.6 Å². The molecule has 0 aromatic heterocycles. The second-order valence-electron chi connectivity index (χ2n) is 4.90. The average molecular weight is 345 g/mol. The van der Waals surface area contributed by atoms with E-state index in [1.807, 2.05) is 13.8 Å². The molecule has 0 fully saturated rings. The number of hydrogen-bond donors (Lipinski definition) is 3. The lowest BCUT2D eigenvalue weighted by Crippen LogP contribution is -2.48. The molecule has 1 aromatic carbocycles. The first-order valence-electron chi connectivity index (χ1n) is 5.86. The standard InChI is InChI=1S/C13H17BrN2O4/c1-13(2,7-20-3)16-12(19)15-10-5-4-8(11(17)18)6-9(10)14/h4-6H,7H2,1-3H3,(H,17,18)(H2,15,16,19). The first kappa shape index (κ1) is 16.5. The summed E-state index contributed by atoms with van der Waals surface area (Å²) in [5.74, 6) is -1.03. The molecule has 0 atom stereocenters. The summed E-state index contributed by atoms with van der Waals surface area (Å²) in [6.07, 6.45) is 0. The summed E-state index contributed by atoms with van der Waals surface area (Å²) in [7, 11) is 1.56. The van der Waals surface area contributed by atoms with Gasteiger partial charge in [0.05, 0.1) is 23.4 Å². The summed E-state index contributed by atoms with van der Waals surface area (Å²) in [6.45, 7) is 4.04. The Labute approximate surface area is 125 Å². The lowest BCUT2D eigenvalue weighted by Gasteiger charge is -2.25. The highest BCUT2D eigenvalue weighted by atomic mass is 79.9. The van der Waals surface area contributed by atoms with Crippen LogP contribution >= 0.6 is 15.9 Å².